The first-order valence-electron chi connectivity index (χ1n) is 4.55. The van der Waals surface area contributed by atoms with Gasteiger partial charge in [0.05, 0.1) is 0 Å². The highest BCUT2D eigenvalue weighted by atomic mass is 15.3. The molecule has 0 N–H and O–H groups in total. The van der Waals surface area contributed by atoms with E-state index in [9.17, 15) is 0 Å². The summed E-state index contributed by atoms with van der Waals surface area (Å²) >= 11 is 0. The molecule has 2 nitrogen and oxygen atoms in total. The number of rotatable bonds is 1. The maximum absolute atomic E-state index is 2.50. The summed E-state index contributed by atoms with van der Waals surface area (Å²) in [6, 6.07) is 1.49. The van der Waals surface area contributed by atoms with Crippen LogP contribution in [-0.4, -0.2) is 49.1 Å². The summed E-state index contributed by atoms with van der Waals surface area (Å²) < 4.78 is 0. The van der Waals surface area contributed by atoms with Crippen LogP contribution in [0.1, 0.15) is 20.3 Å². The minimum atomic E-state index is 0.721. The molecule has 11 heavy (non-hydrogen) atoms. The lowest BCUT2D eigenvalue weighted by Gasteiger charge is -2.42. The van der Waals surface area contributed by atoms with Crippen molar-refractivity contribution in [3.05, 3.63) is 0 Å². The Hall–Kier alpha value is -0.0800. The third kappa shape index (κ3) is 1.94. The highest BCUT2D eigenvalue weighted by Gasteiger charge is 2.25. The molecular weight excluding hydrogens is 136 g/mol. The molecule has 1 rings (SSSR count). The lowest BCUT2D eigenvalue weighted by molar-refractivity contribution is 0.0647. The van der Waals surface area contributed by atoms with Crippen LogP contribution < -0.4 is 0 Å². The fraction of sp³-hybridized carbons (Fsp3) is 1.00. The molecule has 0 aromatic rings. The van der Waals surface area contributed by atoms with Gasteiger partial charge in [-0.2, -0.15) is 0 Å². The fourth-order valence-electron chi connectivity index (χ4n) is 1.92. The van der Waals surface area contributed by atoms with E-state index in [0.717, 1.165) is 12.1 Å². The molecule has 1 aliphatic rings. The predicted octanol–water partition coefficient (Wildman–Crippen LogP) is 1.03. The number of hydrogen-bond donors (Lipinski definition) is 0. The van der Waals surface area contributed by atoms with Crippen LogP contribution >= 0.6 is 0 Å². The minimum absolute atomic E-state index is 0.721. The number of likely N-dealkylation sites (N-methyl/N-ethyl adjacent to an activating group) is 2. The van der Waals surface area contributed by atoms with E-state index >= 15 is 0 Å². The molecule has 1 saturated heterocycles. The van der Waals surface area contributed by atoms with Crippen LogP contribution in [0.4, 0.5) is 0 Å². The van der Waals surface area contributed by atoms with Crippen molar-refractivity contribution in [3.8, 4) is 0 Å². The highest BCUT2D eigenvalue weighted by molar-refractivity contribution is 4.82. The lowest BCUT2D eigenvalue weighted by Crippen LogP contribution is -2.54. The smallest absolute Gasteiger partial charge is 0.0220 e. The van der Waals surface area contributed by atoms with Gasteiger partial charge in [0.25, 0.3) is 0 Å². The Morgan fingerprint density at radius 3 is 2.45 bits per heavy atom. The van der Waals surface area contributed by atoms with Crippen LogP contribution in [-0.2, 0) is 0 Å². The Balaban J connectivity index is 2.51. The summed E-state index contributed by atoms with van der Waals surface area (Å²) in [5, 5.41) is 0. The van der Waals surface area contributed by atoms with Gasteiger partial charge in [0.2, 0.25) is 0 Å². The van der Waals surface area contributed by atoms with Crippen molar-refractivity contribution in [3.63, 3.8) is 0 Å². The molecule has 66 valence electrons. The molecule has 1 aliphatic heterocycles. The monoisotopic (exact) mass is 156 g/mol. The molecular formula is C9H20N2. The predicted molar refractivity (Wildman–Crippen MR) is 48.8 cm³/mol. The first kappa shape index (κ1) is 9.01. The van der Waals surface area contributed by atoms with Crippen molar-refractivity contribution in [1.82, 2.24) is 9.80 Å². The van der Waals surface area contributed by atoms with Crippen LogP contribution in [0.5, 0.6) is 0 Å². The van der Waals surface area contributed by atoms with E-state index in [2.05, 4.69) is 37.7 Å². The number of hydrogen-bond acceptors (Lipinski definition) is 2. The third-order valence-corrected chi connectivity index (χ3v) is 2.84. The molecule has 0 spiro atoms. The first-order chi connectivity index (χ1) is 5.15. The summed E-state index contributed by atoms with van der Waals surface area (Å²) in [6.45, 7) is 7.02. The van der Waals surface area contributed by atoms with Gasteiger partial charge >= 0.3 is 0 Å². The van der Waals surface area contributed by atoms with Crippen molar-refractivity contribution in [2.75, 3.05) is 27.2 Å². The molecule has 2 unspecified atom stereocenters. The van der Waals surface area contributed by atoms with Crippen LogP contribution in [0, 0.1) is 0 Å². The van der Waals surface area contributed by atoms with Crippen LogP contribution in [0.3, 0.4) is 0 Å². The van der Waals surface area contributed by atoms with E-state index in [1.165, 1.54) is 19.5 Å². The Morgan fingerprint density at radius 1 is 1.27 bits per heavy atom. The van der Waals surface area contributed by atoms with E-state index in [1.807, 2.05) is 0 Å². The van der Waals surface area contributed by atoms with E-state index in [0.29, 0.717) is 0 Å². The maximum atomic E-state index is 2.50. The summed E-state index contributed by atoms with van der Waals surface area (Å²) in [6.07, 6.45) is 1.27. The van der Waals surface area contributed by atoms with Gasteiger partial charge in [-0.15, -0.1) is 0 Å². The highest BCUT2D eigenvalue weighted by Crippen LogP contribution is 2.13. The number of piperazine rings is 1. The van der Waals surface area contributed by atoms with Gasteiger partial charge in [-0.05, 0) is 27.4 Å². The molecule has 0 aliphatic carbocycles. The standard InChI is InChI=1S/C9H20N2/c1-5-9-7-10(3)6-8(2)11(9)4/h8-9H,5-7H2,1-4H3. The molecule has 0 saturated carbocycles. The van der Waals surface area contributed by atoms with Crippen LogP contribution in [0.2, 0.25) is 0 Å². The van der Waals surface area contributed by atoms with Gasteiger partial charge in [-0.25, -0.2) is 0 Å². The topological polar surface area (TPSA) is 6.48 Å². The largest absolute Gasteiger partial charge is 0.303 e. The van der Waals surface area contributed by atoms with Gasteiger partial charge in [0, 0.05) is 25.2 Å². The van der Waals surface area contributed by atoms with Gasteiger partial charge in [0.1, 0.15) is 0 Å². The number of nitrogens with zero attached hydrogens (tertiary/aromatic N) is 2. The third-order valence-electron chi connectivity index (χ3n) is 2.84. The van der Waals surface area contributed by atoms with E-state index < -0.39 is 0 Å². The van der Waals surface area contributed by atoms with Gasteiger partial charge in [-0.1, -0.05) is 6.92 Å². The Kier molecular flexibility index (Phi) is 2.90. The molecule has 0 aromatic heterocycles. The molecule has 1 fully saturated rings. The van der Waals surface area contributed by atoms with E-state index in [-0.39, 0.29) is 0 Å². The Labute approximate surface area is 70.2 Å². The summed E-state index contributed by atoms with van der Waals surface area (Å²) in [5.41, 5.74) is 0. The van der Waals surface area contributed by atoms with E-state index in [1.54, 1.807) is 0 Å². The summed E-state index contributed by atoms with van der Waals surface area (Å²) in [4.78, 5) is 4.93. The normalized spacial score (nSPS) is 36.0. The average molecular weight is 156 g/mol. The van der Waals surface area contributed by atoms with Crippen molar-refractivity contribution >= 4 is 0 Å². The van der Waals surface area contributed by atoms with Gasteiger partial charge in [0.15, 0.2) is 0 Å². The van der Waals surface area contributed by atoms with Gasteiger partial charge in [-0.3, -0.25) is 4.90 Å². The SMILES string of the molecule is CCC1CN(C)CC(C)N1C. The zero-order valence-corrected chi connectivity index (χ0v) is 8.17. The molecule has 0 bridgehead atoms. The van der Waals surface area contributed by atoms with Crippen LogP contribution in [0.25, 0.3) is 0 Å². The molecule has 0 radical (unpaired) electrons. The van der Waals surface area contributed by atoms with Gasteiger partial charge < -0.3 is 4.90 Å². The van der Waals surface area contributed by atoms with Crippen molar-refractivity contribution in [2.24, 2.45) is 0 Å². The Bertz CT molecular complexity index is 125. The molecule has 2 atom stereocenters. The second kappa shape index (κ2) is 3.55. The zero-order valence-electron chi connectivity index (χ0n) is 8.17. The summed E-state index contributed by atoms with van der Waals surface area (Å²) in [5.74, 6) is 0. The second-order valence-corrected chi connectivity index (χ2v) is 3.80. The molecule has 1 heterocycles. The quantitative estimate of drug-likeness (QED) is 0.559. The maximum Gasteiger partial charge on any atom is 0.0220 e. The zero-order chi connectivity index (χ0) is 8.43. The summed E-state index contributed by atoms with van der Waals surface area (Å²) in [7, 11) is 4.46. The second-order valence-electron chi connectivity index (χ2n) is 3.80. The average Bonchev–Trinajstić information content (AvgIpc) is 1.96. The lowest BCUT2D eigenvalue weighted by atomic mass is 10.1. The molecule has 2 heteroatoms. The van der Waals surface area contributed by atoms with Crippen molar-refractivity contribution in [1.29, 1.82) is 0 Å². The molecule has 0 amide bonds. The fourth-order valence-corrected chi connectivity index (χ4v) is 1.92. The minimum Gasteiger partial charge on any atom is -0.303 e. The molecule has 0 aromatic carbocycles. The first-order valence-corrected chi connectivity index (χ1v) is 4.55. The Morgan fingerprint density at radius 2 is 1.91 bits per heavy atom. The van der Waals surface area contributed by atoms with E-state index in [4.69, 9.17) is 0 Å². The van der Waals surface area contributed by atoms with Crippen molar-refractivity contribution in [2.45, 2.75) is 32.4 Å². The van der Waals surface area contributed by atoms with Crippen molar-refractivity contribution < 1.29 is 0 Å². The van der Waals surface area contributed by atoms with Crippen LogP contribution in [0.15, 0.2) is 0 Å².